The van der Waals surface area contributed by atoms with E-state index < -0.39 is 0 Å². The summed E-state index contributed by atoms with van der Waals surface area (Å²) in [6.07, 6.45) is 1.39. The molecule has 0 atom stereocenters. The van der Waals surface area contributed by atoms with Crippen LogP contribution in [0.4, 0.5) is 5.69 Å². The molecule has 3 aromatic carbocycles. The molecule has 0 spiro atoms. The van der Waals surface area contributed by atoms with Crippen molar-refractivity contribution in [3.05, 3.63) is 95.3 Å². The summed E-state index contributed by atoms with van der Waals surface area (Å²) in [5.74, 6) is 0.809. The zero-order chi connectivity index (χ0) is 24.8. The highest BCUT2D eigenvalue weighted by molar-refractivity contribution is 5.95. The lowest BCUT2D eigenvalue weighted by molar-refractivity contribution is -0.119. The standard InChI is InChI=1S/C29H32N4O2/c1-4-32(23-11-6-5-7-12-23)28(34)20-33-26-14-9-8-13-25(26)31-27(33)15-10-18-30-29(35)24-17-16-21(2)19-22(24)3/h5-9,11-14,16-17,19H,4,10,15,18,20H2,1-3H3,(H,30,35). The van der Waals surface area contributed by atoms with Crippen molar-refractivity contribution in [1.82, 2.24) is 14.9 Å². The molecule has 1 N–H and O–H groups in total. The van der Waals surface area contributed by atoms with Crippen molar-refractivity contribution in [3.8, 4) is 0 Å². The number of amides is 2. The van der Waals surface area contributed by atoms with Gasteiger partial charge in [-0.1, -0.05) is 48.0 Å². The van der Waals surface area contributed by atoms with Crippen LogP contribution >= 0.6 is 0 Å². The molecule has 4 aromatic rings. The number of anilines is 1. The first-order chi connectivity index (χ1) is 17.0. The molecule has 0 aliphatic carbocycles. The molecule has 0 saturated heterocycles. The summed E-state index contributed by atoms with van der Waals surface area (Å²) in [7, 11) is 0. The predicted molar refractivity (Wildman–Crippen MR) is 141 cm³/mol. The van der Waals surface area contributed by atoms with E-state index in [2.05, 4.69) is 5.32 Å². The summed E-state index contributed by atoms with van der Waals surface area (Å²) in [5, 5.41) is 3.02. The van der Waals surface area contributed by atoms with Crippen LogP contribution in [0.2, 0.25) is 0 Å². The number of para-hydroxylation sites is 3. The van der Waals surface area contributed by atoms with Gasteiger partial charge >= 0.3 is 0 Å². The number of hydrogen-bond acceptors (Lipinski definition) is 3. The predicted octanol–water partition coefficient (Wildman–Crippen LogP) is 5.07. The number of aryl methyl sites for hydroxylation is 3. The van der Waals surface area contributed by atoms with Gasteiger partial charge in [-0.3, -0.25) is 9.59 Å². The third kappa shape index (κ3) is 5.60. The Labute approximate surface area is 206 Å². The lowest BCUT2D eigenvalue weighted by atomic mass is 10.1. The highest BCUT2D eigenvalue weighted by Gasteiger charge is 2.18. The quantitative estimate of drug-likeness (QED) is 0.349. The first-order valence-electron chi connectivity index (χ1n) is 12.1. The van der Waals surface area contributed by atoms with Gasteiger partial charge in [0.25, 0.3) is 5.91 Å². The number of nitrogens with zero attached hydrogens (tertiary/aromatic N) is 3. The van der Waals surface area contributed by atoms with E-state index in [1.54, 1.807) is 4.90 Å². The molecule has 0 unspecified atom stereocenters. The van der Waals surface area contributed by atoms with Crippen molar-refractivity contribution in [2.45, 2.75) is 40.2 Å². The monoisotopic (exact) mass is 468 g/mol. The number of hydrogen-bond donors (Lipinski definition) is 1. The maximum atomic E-state index is 13.3. The van der Waals surface area contributed by atoms with Crippen LogP contribution in [-0.2, 0) is 17.8 Å². The number of carbonyl (C=O) groups is 2. The Balaban J connectivity index is 1.45. The van der Waals surface area contributed by atoms with Crippen molar-refractivity contribution >= 4 is 28.5 Å². The molecule has 0 aliphatic rings. The third-order valence-corrected chi connectivity index (χ3v) is 6.20. The first kappa shape index (κ1) is 24.2. The molecular formula is C29H32N4O2. The van der Waals surface area contributed by atoms with Gasteiger partial charge in [0.2, 0.25) is 5.91 Å². The van der Waals surface area contributed by atoms with Gasteiger partial charge in [0.15, 0.2) is 0 Å². The van der Waals surface area contributed by atoms with Crippen LogP contribution in [0.1, 0.15) is 40.7 Å². The fraction of sp³-hybridized carbons (Fsp3) is 0.276. The maximum absolute atomic E-state index is 13.3. The minimum atomic E-state index is -0.0624. The maximum Gasteiger partial charge on any atom is 0.251 e. The highest BCUT2D eigenvalue weighted by atomic mass is 16.2. The van der Waals surface area contributed by atoms with Gasteiger partial charge in [-0.05, 0) is 63.1 Å². The third-order valence-electron chi connectivity index (χ3n) is 6.20. The normalized spacial score (nSPS) is 10.9. The summed E-state index contributed by atoms with van der Waals surface area (Å²) < 4.78 is 2.01. The molecule has 35 heavy (non-hydrogen) atoms. The molecule has 0 radical (unpaired) electrons. The summed E-state index contributed by atoms with van der Waals surface area (Å²) in [6, 6.07) is 23.5. The van der Waals surface area contributed by atoms with E-state index in [0.29, 0.717) is 25.1 Å². The molecule has 1 heterocycles. The fourth-order valence-electron chi connectivity index (χ4n) is 4.44. The molecule has 180 valence electrons. The van der Waals surface area contributed by atoms with Gasteiger partial charge in [0, 0.05) is 30.8 Å². The largest absolute Gasteiger partial charge is 0.352 e. The highest BCUT2D eigenvalue weighted by Crippen LogP contribution is 2.20. The number of likely N-dealkylation sites (N-methyl/N-ethyl adjacent to an activating group) is 1. The van der Waals surface area contributed by atoms with Gasteiger partial charge in [-0.25, -0.2) is 4.98 Å². The molecule has 0 saturated carbocycles. The molecule has 0 bridgehead atoms. The minimum Gasteiger partial charge on any atom is -0.352 e. The molecular weight excluding hydrogens is 436 g/mol. The lowest BCUT2D eigenvalue weighted by Crippen LogP contribution is -2.34. The van der Waals surface area contributed by atoms with E-state index in [0.717, 1.165) is 40.1 Å². The van der Waals surface area contributed by atoms with Crippen LogP contribution in [-0.4, -0.2) is 34.5 Å². The van der Waals surface area contributed by atoms with Gasteiger partial charge in [0.1, 0.15) is 12.4 Å². The van der Waals surface area contributed by atoms with Crippen LogP contribution < -0.4 is 10.2 Å². The first-order valence-corrected chi connectivity index (χ1v) is 12.1. The summed E-state index contributed by atoms with van der Waals surface area (Å²) in [5.41, 5.74) is 5.52. The SMILES string of the molecule is CCN(C(=O)Cn1c(CCCNC(=O)c2ccc(C)cc2C)nc2ccccc21)c1ccccc1. The van der Waals surface area contributed by atoms with Gasteiger partial charge in [-0.15, -0.1) is 0 Å². The number of aromatic nitrogens is 2. The molecule has 2 amide bonds. The van der Waals surface area contributed by atoms with E-state index in [4.69, 9.17) is 4.98 Å². The van der Waals surface area contributed by atoms with Crippen LogP contribution in [0.25, 0.3) is 11.0 Å². The average Bonchev–Trinajstić information content (AvgIpc) is 3.20. The zero-order valence-corrected chi connectivity index (χ0v) is 20.6. The molecule has 0 aliphatic heterocycles. The van der Waals surface area contributed by atoms with Crippen LogP contribution in [0, 0.1) is 13.8 Å². The Hall–Kier alpha value is -3.93. The van der Waals surface area contributed by atoms with E-state index in [9.17, 15) is 9.59 Å². The second-order valence-corrected chi connectivity index (χ2v) is 8.75. The minimum absolute atomic E-state index is 0.0197. The number of nitrogens with one attached hydrogen (secondary N) is 1. The summed E-state index contributed by atoms with van der Waals surface area (Å²) >= 11 is 0. The van der Waals surface area contributed by atoms with E-state index in [1.807, 2.05) is 98.1 Å². The Bertz CT molecular complexity index is 1330. The van der Waals surface area contributed by atoms with Crippen molar-refractivity contribution < 1.29 is 9.59 Å². The topological polar surface area (TPSA) is 67.2 Å². The van der Waals surface area contributed by atoms with Crippen LogP contribution in [0.3, 0.4) is 0 Å². The number of benzene rings is 3. The number of imidazole rings is 1. The summed E-state index contributed by atoms with van der Waals surface area (Å²) in [4.78, 5) is 32.5. The van der Waals surface area contributed by atoms with E-state index in [-0.39, 0.29) is 18.4 Å². The molecule has 0 fully saturated rings. The van der Waals surface area contributed by atoms with Crippen molar-refractivity contribution in [2.24, 2.45) is 0 Å². The molecule has 1 aromatic heterocycles. The molecule has 6 nitrogen and oxygen atoms in total. The van der Waals surface area contributed by atoms with Crippen molar-refractivity contribution in [3.63, 3.8) is 0 Å². The smallest absolute Gasteiger partial charge is 0.251 e. The van der Waals surface area contributed by atoms with Gasteiger partial charge in [0.05, 0.1) is 11.0 Å². The van der Waals surface area contributed by atoms with Crippen molar-refractivity contribution in [1.29, 1.82) is 0 Å². The number of fused-ring (bicyclic) bond motifs is 1. The number of rotatable bonds is 9. The van der Waals surface area contributed by atoms with E-state index >= 15 is 0 Å². The lowest BCUT2D eigenvalue weighted by Gasteiger charge is -2.22. The van der Waals surface area contributed by atoms with Gasteiger partial charge < -0.3 is 14.8 Å². The Morgan fingerprint density at radius 3 is 2.46 bits per heavy atom. The summed E-state index contributed by atoms with van der Waals surface area (Å²) in [6.45, 7) is 7.30. The molecule has 6 heteroatoms. The second kappa shape index (κ2) is 11.0. The van der Waals surface area contributed by atoms with Crippen LogP contribution in [0.15, 0.2) is 72.8 Å². The Kier molecular flexibility index (Phi) is 7.60. The van der Waals surface area contributed by atoms with Crippen molar-refractivity contribution in [2.75, 3.05) is 18.0 Å². The van der Waals surface area contributed by atoms with Gasteiger partial charge in [-0.2, -0.15) is 0 Å². The Morgan fingerprint density at radius 1 is 0.971 bits per heavy atom. The molecule has 4 rings (SSSR count). The number of carbonyl (C=O) groups excluding carboxylic acids is 2. The van der Waals surface area contributed by atoms with E-state index in [1.165, 1.54) is 0 Å². The fourth-order valence-corrected chi connectivity index (χ4v) is 4.44. The van der Waals surface area contributed by atoms with Crippen LogP contribution in [0.5, 0.6) is 0 Å². The Morgan fingerprint density at radius 2 is 1.71 bits per heavy atom. The average molecular weight is 469 g/mol. The zero-order valence-electron chi connectivity index (χ0n) is 20.6. The second-order valence-electron chi connectivity index (χ2n) is 8.75.